The Morgan fingerprint density at radius 3 is 2.54 bits per heavy atom. The molecular weight excluding hydrogens is 397 g/mol. The van der Waals surface area contributed by atoms with Crippen LogP contribution in [-0.2, 0) is 0 Å². The van der Waals surface area contributed by atoms with Gasteiger partial charge in [0, 0.05) is 16.7 Å². The molecule has 9 heteroatoms. The number of hydrogen-bond acceptors (Lipinski definition) is 5. The van der Waals surface area contributed by atoms with Crippen LogP contribution in [0, 0.1) is 21.4 Å². The zero-order valence-corrected chi connectivity index (χ0v) is 15.6. The molecule has 0 saturated carbocycles. The fourth-order valence-electron chi connectivity index (χ4n) is 2.23. The van der Waals surface area contributed by atoms with Crippen molar-refractivity contribution < 1.29 is 10.0 Å². The molecule has 0 aliphatic heterocycles. The van der Waals surface area contributed by atoms with E-state index in [1.807, 2.05) is 6.07 Å². The normalized spacial score (nSPS) is 11.3. The van der Waals surface area contributed by atoms with Crippen LogP contribution in [0.3, 0.4) is 0 Å². The van der Waals surface area contributed by atoms with E-state index in [9.17, 15) is 15.2 Å². The van der Waals surface area contributed by atoms with E-state index in [2.05, 4.69) is 5.32 Å². The molecule has 26 heavy (non-hydrogen) atoms. The Bertz CT molecular complexity index is 980. The molecule has 0 radical (unpaired) electrons. The van der Waals surface area contributed by atoms with Crippen molar-refractivity contribution in [1.29, 1.82) is 5.26 Å². The summed E-state index contributed by atoms with van der Waals surface area (Å²) < 4.78 is 0. The predicted molar refractivity (Wildman–Crippen MR) is 106 cm³/mol. The molecule has 0 atom stereocenters. The molecule has 132 valence electrons. The van der Waals surface area contributed by atoms with Crippen LogP contribution < -0.4 is 5.32 Å². The number of rotatable bonds is 4. The summed E-state index contributed by atoms with van der Waals surface area (Å²) in [6.45, 7) is 1.40. The van der Waals surface area contributed by atoms with Gasteiger partial charge < -0.3 is 10.4 Å². The fourth-order valence-corrected chi connectivity index (χ4v) is 3.09. The molecule has 0 aliphatic rings. The third-order valence-electron chi connectivity index (χ3n) is 3.38. The van der Waals surface area contributed by atoms with Crippen molar-refractivity contribution in [2.45, 2.75) is 6.92 Å². The van der Waals surface area contributed by atoms with Crippen molar-refractivity contribution in [2.75, 3.05) is 5.32 Å². The molecule has 0 saturated heterocycles. The van der Waals surface area contributed by atoms with Gasteiger partial charge in [0.05, 0.1) is 32.9 Å². The van der Waals surface area contributed by atoms with Gasteiger partial charge in [0.15, 0.2) is 0 Å². The van der Waals surface area contributed by atoms with Gasteiger partial charge in [0.25, 0.3) is 5.69 Å². The third-order valence-corrected chi connectivity index (χ3v) is 4.32. The number of benzene rings is 2. The summed E-state index contributed by atoms with van der Waals surface area (Å²) in [4.78, 5) is 10.6. The summed E-state index contributed by atoms with van der Waals surface area (Å²) in [5, 5.41) is 33.2. The van der Waals surface area contributed by atoms with E-state index >= 15 is 0 Å². The van der Waals surface area contributed by atoms with Crippen LogP contribution >= 0.6 is 35.4 Å². The van der Waals surface area contributed by atoms with E-state index in [0.717, 1.165) is 0 Å². The second kappa shape index (κ2) is 8.15. The van der Waals surface area contributed by atoms with Gasteiger partial charge in [-0.25, -0.2) is 0 Å². The van der Waals surface area contributed by atoms with E-state index in [-0.39, 0.29) is 37.7 Å². The van der Waals surface area contributed by atoms with Crippen molar-refractivity contribution in [2.24, 2.45) is 0 Å². The second-order valence-electron chi connectivity index (χ2n) is 5.11. The molecule has 0 spiro atoms. The average Bonchev–Trinajstić information content (AvgIpc) is 2.57. The first-order valence-corrected chi connectivity index (χ1v) is 8.26. The molecule has 0 unspecified atom stereocenters. The smallest absolute Gasteiger partial charge is 0.294 e. The number of thiocarbonyl (C=S) groups is 1. The number of aliphatic hydroxyl groups is 1. The van der Waals surface area contributed by atoms with Gasteiger partial charge in [-0.3, -0.25) is 10.1 Å². The number of para-hydroxylation sites is 1. The van der Waals surface area contributed by atoms with Crippen LogP contribution in [0.15, 0.2) is 42.2 Å². The highest BCUT2D eigenvalue weighted by Crippen LogP contribution is 2.34. The van der Waals surface area contributed by atoms with Crippen molar-refractivity contribution in [1.82, 2.24) is 0 Å². The molecule has 0 heterocycles. The van der Waals surface area contributed by atoms with E-state index in [0.29, 0.717) is 11.1 Å². The first kappa shape index (κ1) is 19.7. The summed E-state index contributed by atoms with van der Waals surface area (Å²) in [5.74, 6) is -0.149. The van der Waals surface area contributed by atoms with Gasteiger partial charge in [0.2, 0.25) is 0 Å². The summed E-state index contributed by atoms with van der Waals surface area (Å²) in [6, 6.07) is 10.6. The lowest BCUT2D eigenvalue weighted by atomic mass is 10.0. The SMILES string of the molecule is CC(O)=C(C(=S)Nc1c(Cl)cccc1[N+](=O)[O-])c1ccc(C#N)cc1Cl. The van der Waals surface area contributed by atoms with Crippen LogP contribution in [0.25, 0.3) is 5.57 Å². The molecule has 2 aromatic carbocycles. The van der Waals surface area contributed by atoms with E-state index in [1.165, 1.54) is 43.3 Å². The molecule has 0 aliphatic carbocycles. The number of hydrogen-bond donors (Lipinski definition) is 2. The molecule has 6 nitrogen and oxygen atoms in total. The fraction of sp³-hybridized carbons (Fsp3) is 0.0588. The second-order valence-corrected chi connectivity index (χ2v) is 6.33. The minimum Gasteiger partial charge on any atom is -0.512 e. The van der Waals surface area contributed by atoms with Crippen molar-refractivity contribution in [3.05, 3.63) is 73.4 Å². The minimum atomic E-state index is -0.597. The lowest BCUT2D eigenvalue weighted by Gasteiger charge is -2.15. The maximum Gasteiger partial charge on any atom is 0.294 e. The third kappa shape index (κ3) is 4.11. The zero-order chi connectivity index (χ0) is 19.4. The van der Waals surface area contributed by atoms with Crippen molar-refractivity contribution in [3.8, 4) is 6.07 Å². The van der Waals surface area contributed by atoms with Gasteiger partial charge >= 0.3 is 0 Å². The van der Waals surface area contributed by atoms with Crippen molar-refractivity contribution in [3.63, 3.8) is 0 Å². The Labute approximate surface area is 164 Å². The lowest BCUT2D eigenvalue weighted by molar-refractivity contribution is -0.383. The summed E-state index contributed by atoms with van der Waals surface area (Å²) in [6.07, 6.45) is 0. The molecule has 2 rings (SSSR count). The van der Waals surface area contributed by atoms with E-state index in [1.54, 1.807) is 0 Å². The molecule has 2 N–H and O–H groups in total. The number of halogens is 2. The highest BCUT2D eigenvalue weighted by molar-refractivity contribution is 7.81. The van der Waals surface area contributed by atoms with Crippen molar-refractivity contribution >= 4 is 57.4 Å². The predicted octanol–water partition coefficient (Wildman–Crippen LogP) is 5.50. The molecule has 0 bridgehead atoms. The Kier molecular flexibility index (Phi) is 6.16. The van der Waals surface area contributed by atoms with Crippen LogP contribution in [-0.4, -0.2) is 15.0 Å². The Morgan fingerprint density at radius 1 is 1.31 bits per heavy atom. The van der Waals surface area contributed by atoms with Crippen LogP contribution in [0.5, 0.6) is 0 Å². The molecule has 0 aromatic heterocycles. The van der Waals surface area contributed by atoms with Crippen LogP contribution in [0.4, 0.5) is 11.4 Å². The number of aliphatic hydroxyl groups excluding tert-OH is 1. The highest BCUT2D eigenvalue weighted by atomic mass is 35.5. The Balaban J connectivity index is 2.50. The number of allylic oxidation sites excluding steroid dienone is 1. The topological polar surface area (TPSA) is 99.2 Å². The summed E-state index contributed by atoms with van der Waals surface area (Å²) in [7, 11) is 0. The number of nitrogens with zero attached hydrogens (tertiary/aromatic N) is 2. The van der Waals surface area contributed by atoms with Crippen LogP contribution in [0.1, 0.15) is 18.1 Å². The monoisotopic (exact) mass is 407 g/mol. The van der Waals surface area contributed by atoms with Gasteiger partial charge in [-0.15, -0.1) is 0 Å². The maximum absolute atomic E-state index is 11.2. The maximum atomic E-state index is 11.2. The van der Waals surface area contributed by atoms with Gasteiger partial charge in [-0.2, -0.15) is 5.26 Å². The summed E-state index contributed by atoms with van der Waals surface area (Å²) >= 11 is 17.5. The molecule has 0 amide bonds. The van der Waals surface area contributed by atoms with Crippen LogP contribution in [0.2, 0.25) is 10.0 Å². The van der Waals surface area contributed by atoms with Gasteiger partial charge in [0.1, 0.15) is 10.7 Å². The first-order valence-electron chi connectivity index (χ1n) is 7.10. The number of nitro groups is 1. The molecular formula is C17H11Cl2N3O3S. The lowest BCUT2D eigenvalue weighted by Crippen LogP contribution is -2.15. The number of nitriles is 1. The van der Waals surface area contributed by atoms with Gasteiger partial charge in [-0.1, -0.05) is 47.6 Å². The van der Waals surface area contributed by atoms with E-state index < -0.39 is 4.92 Å². The summed E-state index contributed by atoms with van der Waals surface area (Å²) in [5.41, 5.74) is 0.629. The number of nitrogens with one attached hydrogen (secondary N) is 1. The van der Waals surface area contributed by atoms with E-state index in [4.69, 9.17) is 40.7 Å². The number of anilines is 1. The molecule has 0 fully saturated rings. The minimum absolute atomic E-state index is 0.00666. The van der Waals surface area contributed by atoms with Gasteiger partial charge in [-0.05, 0) is 25.1 Å². The molecule has 2 aromatic rings. The zero-order valence-electron chi connectivity index (χ0n) is 13.3. The quantitative estimate of drug-likeness (QED) is 0.228. The standard InChI is InChI=1S/C17H11Cl2N3O3S/c1-9(23)15(11-6-5-10(8-20)7-13(11)19)17(26)21-16-12(18)3-2-4-14(16)22(24)25/h2-7,23H,1H3,(H,21,26). The average molecular weight is 408 g/mol. The Morgan fingerprint density at radius 2 is 2.00 bits per heavy atom. The first-order chi connectivity index (χ1) is 12.3. The highest BCUT2D eigenvalue weighted by Gasteiger charge is 2.21. The number of nitro benzene ring substituents is 1. The Hall–Kier alpha value is -2.66. The largest absolute Gasteiger partial charge is 0.512 e.